The van der Waals surface area contributed by atoms with Gasteiger partial charge in [0.1, 0.15) is 5.75 Å². The van der Waals surface area contributed by atoms with Crippen molar-refractivity contribution >= 4 is 23.5 Å². The van der Waals surface area contributed by atoms with E-state index < -0.39 is 6.29 Å². The molecule has 0 saturated carbocycles. The predicted octanol–water partition coefficient (Wildman–Crippen LogP) is 4.59. The Morgan fingerprint density at radius 2 is 1.71 bits per heavy atom. The van der Waals surface area contributed by atoms with Crippen molar-refractivity contribution in [2.24, 2.45) is 5.92 Å². The smallest absolute Gasteiger partial charge is 0.319 e. The third-order valence-corrected chi connectivity index (χ3v) is 7.82. The zero-order valence-electron chi connectivity index (χ0n) is 22.7. The number of carbonyl (C=O) groups is 1. The Morgan fingerprint density at radius 3 is 2.39 bits per heavy atom. The predicted molar refractivity (Wildman–Crippen MR) is 154 cm³/mol. The van der Waals surface area contributed by atoms with Crippen LogP contribution in [0, 0.1) is 5.92 Å². The lowest BCUT2D eigenvalue weighted by Gasteiger charge is -2.41. The highest BCUT2D eigenvalue weighted by molar-refractivity contribution is 7.99. The van der Waals surface area contributed by atoms with Crippen LogP contribution in [0.5, 0.6) is 5.75 Å². The standard InChI is InChI=1S/C29H32N6O5S/c1-3-30-28(38)31-22-10-8-21(9-11-22)27-39-25(18(2)26(40-27)20-6-4-19(16-36)5-7-20)17-41-29-32-33-34-35(29)23-12-14-24(37)15-13-23/h4-15,18,25-27,36-37H,3,16-17H2,1-2H3,(H2,30,31,38)/t18-,25+,26+,27+/m1/s1. The number of urea groups is 1. The highest BCUT2D eigenvalue weighted by atomic mass is 32.2. The van der Waals surface area contributed by atoms with Gasteiger partial charge in [-0.1, -0.05) is 55.1 Å². The number of phenols is 1. The van der Waals surface area contributed by atoms with E-state index in [1.54, 1.807) is 28.9 Å². The quantitative estimate of drug-likeness (QED) is 0.210. The monoisotopic (exact) mass is 576 g/mol. The number of hydrogen-bond acceptors (Lipinski definition) is 9. The average Bonchev–Trinajstić information content (AvgIpc) is 3.46. The lowest BCUT2D eigenvalue weighted by Crippen LogP contribution is -2.38. The van der Waals surface area contributed by atoms with Gasteiger partial charge in [0.2, 0.25) is 5.16 Å². The maximum atomic E-state index is 11.9. The van der Waals surface area contributed by atoms with Crippen LogP contribution in [0.2, 0.25) is 0 Å². The van der Waals surface area contributed by atoms with Gasteiger partial charge in [0, 0.05) is 29.5 Å². The minimum atomic E-state index is -0.647. The van der Waals surface area contributed by atoms with Crippen molar-refractivity contribution in [1.29, 1.82) is 0 Å². The molecule has 3 aromatic carbocycles. The largest absolute Gasteiger partial charge is 0.508 e. The fourth-order valence-corrected chi connectivity index (χ4v) is 5.60. The van der Waals surface area contributed by atoms with Crippen molar-refractivity contribution in [3.05, 3.63) is 89.5 Å². The molecular weight excluding hydrogens is 544 g/mol. The van der Waals surface area contributed by atoms with Crippen molar-refractivity contribution in [2.45, 2.75) is 44.1 Å². The summed E-state index contributed by atoms with van der Waals surface area (Å²) in [6.07, 6.45) is -1.14. The molecule has 1 aromatic heterocycles. The molecule has 41 heavy (non-hydrogen) atoms. The van der Waals surface area contributed by atoms with E-state index in [0.29, 0.717) is 23.1 Å². The van der Waals surface area contributed by atoms with Crippen molar-refractivity contribution in [3.8, 4) is 11.4 Å². The molecule has 12 heteroatoms. The van der Waals surface area contributed by atoms with Gasteiger partial charge < -0.3 is 30.3 Å². The fraction of sp³-hybridized carbons (Fsp3) is 0.310. The number of nitrogens with one attached hydrogen (secondary N) is 2. The summed E-state index contributed by atoms with van der Waals surface area (Å²) < 4.78 is 14.6. The number of anilines is 1. The summed E-state index contributed by atoms with van der Waals surface area (Å²) in [5.41, 5.74) is 4.03. The third kappa shape index (κ3) is 6.85. The number of amides is 2. The van der Waals surface area contributed by atoms with Gasteiger partial charge in [-0.15, -0.1) is 5.10 Å². The van der Waals surface area contributed by atoms with E-state index in [1.165, 1.54) is 11.8 Å². The van der Waals surface area contributed by atoms with Crippen LogP contribution in [0.1, 0.15) is 42.9 Å². The zero-order chi connectivity index (χ0) is 28.8. The number of aromatic hydroxyl groups is 1. The number of benzene rings is 3. The van der Waals surface area contributed by atoms with Crippen molar-refractivity contribution in [1.82, 2.24) is 25.5 Å². The molecular formula is C29H32N6O5S. The maximum absolute atomic E-state index is 11.9. The van der Waals surface area contributed by atoms with Crippen LogP contribution in [0.15, 0.2) is 78.0 Å². The van der Waals surface area contributed by atoms with E-state index >= 15 is 0 Å². The van der Waals surface area contributed by atoms with Gasteiger partial charge in [0.15, 0.2) is 6.29 Å². The van der Waals surface area contributed by atoms with E-state index in [9.17, 15) is 15.0 Å². The van der Waals surface area contributed by atoms with Crippen LogP contribution < -0.4 is 10.6 Å². The van der Waals surface area contributed by atoms with Crippen LogP contribution in [-0.2, 0) is 16.1 Å². The number of aliphatic hydroxyl groups excluding tert-OH is 1. The fourth-order valence-electron chi connectivity index (χ4n) is 4.55. The Morgan fingerprint density at radius 1 is 1.00 bits per heavy atom. The lowest BCUT2D eigenvalue weighted by atomic mass is 9.91. The first-order valence-corrected chi connectivity index (χ1v) is 14.3. The number of ether oxygens (including phenoxy) is 2. The Hall–Kier alpha value is -3.97. The molecule has 4 aromatic rings. The molecule has 2 amide bonds. The van der Waals surface area contributed by atoms with Gasteiger partial charge in [-0.05, 0) is 64.9 Å². The first kappa shape index (κ1) is 28.6. The molecule has 1 saturated heterocycles. The minimum absolute atomic E-state index is 0.0181. The second kappa shape index (κ2) is 13.1. The molecule has 1 fully saturated rings. The number of phenolic OH excluding ortho intramolecular Hbond substituents is 1. The molecule has 214 valence electrons. The highest BCUT2D eigenvalue weighted by Crippen LogP contribution is 2.43. The summed E-state index contributed by atoms with van der Waals surface area (Å²) in [7, 11) is 0. The summed E-state index contributed by atoms with van der Waals surface area (Å²) in [6, 6.07) is 21.5. The Kier molecular flexibility index (Phi) is 9.14. The second-order valence-corrected chi connectivity index (χ2v) is 10.6. The van der Waals surface area contributed by atoms with E-state index in [-0.39, 0.29) is 36.5 Å². The molecule has 5 rings (SSSR count). The Bertz CT molecular complexity index is 1430. The number of nitrogens with zero attached hydrogens (tertiary/aromatic N) is 4. The highest BCUT2D eigenvalue weighted by Gasteiger charge is 2.38. The number of tetrazole rings is 1. The van der Waals surface area contributed by atoms with Gasteiger partial charge in [-0.25, -0.2) is 4.79 Å². The summed E-state index contributed by atoms with van der Waals surface area (Å²) >= 11 is 1.47. The molecule has 4 N–H and O–H groups in total. The van der Waals surface area contributed by atoms with Crippen molar-refractivity contribution < 1.29 is 24.5 Å². The lowest BCUT2D eigenvalue weighted by molar-refractivity contribution is -0.268. The van der Waals surface area contributed by atoms with Crippen LogP contribution in [-0.4, -0.2) is 54.9 Å². The van der Waals surface area contributed by atoms with Crippen LogP contribution in [0.3, 0.4) is 0 Å². The SMILES string of the molecule is CCNC(=O)Nc1ccc([C@H]2O[C@@H](CSc3nnnn3-c3ccc(O)cc3)[C@@H](C)[C@@H](c3ccc(CO)cc3)O2)cc1. The average molecular weight is 577 g/mol. The Balaban J connectivity index is 1.36. The molecule has 0 unspecified atom stereocenters. The molecule has 1 aliphatic rings. The van der Waals surface area contributed by atoms with E-state index in [1.807, 2.05) is 55.5 Å². The molecule has 0 spiro atoms. The topological polar surface area (TPSA) is 144 Å². The first-order chi connectivity index (χ1) is 19.9. The number of carbonyl (C=O) groups excluding carboxylic acids is 1. The van der Waals surface area contributed by atoms with Gasteiger partial charge >= 0.3 is 6.03 Å². The molecule has 1 aliphatic heterocycles. The van der Waals surface area contributed by atoms with Crippen molar-refractivity contribution in [3.63, 3.8) is 0 Å². The molecule has 4 atom stereocenters. The normalized spacial score (nSPS) is 20.5. The molecule has 0 radical (unpaired) electrons. The number of hydrogen-bond donors (Lipinski definition) is 4. The summed E-state index contributed by atoms with van der Waals surface area (Å²) in [5, 5.41) is 37.4. The zero-order valence-corrected chi connectivity index (χ0v) is 23.5. The van der Waals surface area contributed by atoms with Gasteiger partial charge in [-0.2, -0.15) is 4.68 Å². The molecule has 0 bridgehead atoms. The summed E-state index contributed by atoms with van der Waals surface area (Å²) in [5.74, 6) is 0.703. The minimum Gasteiger partial charge on any atom is -0.508 e. The maximum Gasteiger partial charge on any atom is 0.319 e. The van der Waals surface area contributed by atoms with Crippen molar-refractivity contribution in [2.75, 3.05) is 17.6 Å². The number of aliphatic hydroxyl groups is 1. The third-order valence-electron chi connectivity index (χ3n) is 6.81. The second-order valence-electron chi connectivity index (χ2n) is 9.63. The number of aromatic nitrogens is 4. The molecule has 0 aliphatic carbocycles. The van der Waals surface area contributed by atoms with Crippen LogP contribution in [0.4, 0.5) is 10.5 Å². The summed E-state index contributed by atoms with van der Waals surface area (Å²) in [4.78, 5) is 11.9. The van der Waals surface area contributed by atoms with Gasteiger partial charge in [0.25, 0.3) is 0 Å². The molecule has 11 nitrogen and oxygen atoms in total. The van der Waals surface area contributed by atoms with E-state index in [0.717, 1.165) is 22.4 Å². The van der Waals surface area contributed by atoms with Crippen LogP contribution >= 0.6 is 11.8 Å². The van der Waals surface area contributed by atoms with Crippen LogP contribution in [0.25, 0.3) is 5.69 Å². The molecule has 2 heterocycles. The number of thioether (sulfide) groups is 1. The summed E-state index contributed by atoms with van der Waals surface area (Å²) in [6.45, 7) is 4.46. The first-order valence-electron chi connectivity index (χ1n) is 13.3. The van der Waals surface area contributed by atoms with E-state index in [4.69, 9.17) is 9.47 Å². The number of rotatable bonds is 9. The van der Waals surface area contributed by atoms with Gasteiger partial charge in [-0.3, -0.25) is 0 Å². The van der Waals surface area contributed by atoms with Gasteiger partial charge in [0.05, 0.1) is 24.5 Å². The Labute approximate surface area is 241 Å². The van der Waals surface area contributed by atoms with E-state index in [2.05, 4.69) is 33.1 Å².